The molecule has 0 aliphatic rings. The molecule has 122 valence electrons. The van der Waals surface area contributed by atoms with Crippen molar-refractivity contribution in [2.75, 3.05) is 25.6 Å². The minimum Gasteiger partial charge on any atom is -0.491 e. The monoisotopic (exact) mass is 314 g/mol. The number of methoxy groups -OCH3 is 1. The Labute approximate surface area is 136 Å². The maximum Gasteiger partial charge on any atom is 0.319 e. The average Bonchev–Trinajstić information content (AvgIpc) is 2.55. The van der Waals surface area contributed by atoms with Crippen molar-refractivity contribution in [1.29, 1.82) is 0 Å². The zero-order valence-electron chi connectivity index (χ0n) is 13.5. The molecule has 0 aromatic heterocycles. The fourth-order valence-electron chi connectivity index (χ4n) is 2.06. The van der Waals surface area contributed by atoms with E-state index < -0.39 is 0 Å². The van der Waals surface area contributed by atoms with Crippen molar-refractivity contribution in [3.8, 4) is 5.75 Å². The number of amides is 2. The first-order valence-electron chi connectivity index (χ1n) is 7.49. The Morgan fingerprint density at radius 1 is 1.09 bits per heavy atom. The SMILES string of the molecule is COCCOc1ccc(NC(=O)NCc2cccc(C)c2)cc1. The van der Waals surface area contributed by atoms with Crippen LogP contribution in [0.2, 0.25) is 0 Å². The van der Waals surface area contributed by atoms with Gasteiger partial charge in [-0.15, -0.1) is 0 Å². The number of ether oxygens (including phenoxy) is 2. The Kier molecular flexibility index (Phi) is 6.44. The van der Waals surface area contributed by atoms with Gasteiger partial charge in [0.2, 0.25) is 0 Å². The van der Waals surface area contributed by atoms with Gasteiger partial charge in [0.1, 0.15) is 12.4 Å². The van der Waals surface area contributed by atoms with Crippen LogP contribution in [0.4, 0.5) is 10.5 Å². The summed E-state index contributed by atoms with van der Waals surface area (Å²) in [6.07, 6.45) is 0. The van der Waals surface area contributed by atoms with Crippen LogP contribution < -0.4 is 15.4 Å². The quantitative estimate of drug-likeness (QED) is 0.771. The van der Waals surface area contributed by atoms with Crippen molar-refractivity contribution in [2.45, 2.75) is 13.5 Å². The van der Waals surface area contributed by atoms with Crippen LogP contribution in [-0.4, -0.2) is 26.4 Å². The highest BCUT2D eigenvalue weighted by molar-refractivity contribution is 5.89. The molecule has 0 aliphatic heterocycles. The second-order valence-electron chi connectivity index (χ2n) is 5.16. The van der Waals surface area contributed by atoms with Crippen LogP contribution in [0, 0.1) is 6.92 Å². The predicted molar refractivity (Wildman–Crippen MR) is 90.9 cm³/mol. The van der Waals surface area contributed by atoms with E-state index in [4.69, 9.17) is 9.47 Å². The van der Waals surface area contributed by atoms with Gasteiger partial charge in [-0.3, -0.25) is 0 Å². The van der Waals surface area contributed by atoms with Gasteiger partial charge in [0, 0.05) is 19.3 Å². The molecule has 2 N–H and O–H groups in total. The minimum absolute atomic E-state index is 0.237. The first-order chi connectivity index (χ1) is 11.2. The molecule has 0 saturated carbocycles. The lowest BCUT2D eigenvalue weighted by atomic mass is 10.1. The Bertz CT molecular complexity index is 626. The Morgan fingerprint density at radius 3 is 2.57 bits per heavy atom. The summed E-state index contributed by atoms with van der Waals surface area (Å²) in [6, 6.07) is 15.0. The van der Waals surface area contributed by atoms with Gasteiger partial charge >= 0.3 is 6.03 Å². The van der Waals surface area contributed by atoms with Crippen LogP contribution in [0.5, 0.6) is 5.75 Å². The van der Waals surface area contributed by atoms with Gasteiger partial charge in [-0.25, -0.2) is 4.79 Å². The zero-order valence-corrected chi connectivity index (χ0v) is 13.5. The summed E-state index contributed by atoms with van der Waals surface area (Å²) < 4.78 is 10.4. The van der Waals surface area contributed by atoms with Gasteiger partial charge in [-0.2, -0.15) is 0 Å². The van der Waals surface area contributed by atoms with Crippen molar-refractivity contribution >= 4 is 11.7 Å². The summed E-state index contributed by atoms with van der Waals surface area (Å²) in [4.78, 5) is 11.9. The highest BCUT2D eigenvalue weighted by Gasteiger charge is 2.02. The Hall–Kier alpha value is -2.53. The number of anilines is 1. The third-order valence-corrected chi connectivity index (χ3v) is 3.20. The molecule has 2 rings (SSSR count). The molecule has 5 nitrogen and oxygen atoms in total. The zero-order chi connectivity index (χ0) is 16.5. The van der Waals surface area contributed by atoms with Crippen LogP contribution in [0.3, 0.4) is 0 Å². The normalized spacial score (nSPS) is 10.2. The number of aryl methyl sites for hydroxylation is 1. The Balaban J connectivity index is 1.78. The first-order valence-corrected chi connectivity index (χ1v) is 7.49. The molecule has 0 atom stereocenters. The molecule has 2 aromatic carbocycles. The standard InChI is InChI=1S/C18H22N2O3/c1-14-4-3-5-15(12-14)13-19-18(21)20-16-6-8-17(9-7-16)23-11-10-22-2/h3-9,12H,10-11,13H2,1-2H3,(H2,19,20,21). The second kappa shape index (κ2) is 8.80. The summed E-state index contributed by atoms with van der Waals surface area (Å²) in [5.41, 5.74) is 2.96. The van der Waals surface area contributed by atoms with Crippen molar-refractivity contribution < 1.29 is 14.3 Å². The van der Waals surface area contributed by atoms with Crippen LogP contribution in [0.15, 0.2) is 48.5 Å². The van der Waals surface area contributed by atoms with Crippen molar-refractivity contribution in [2.24, 2.45) is 0 Å². The molecule has 2 aromatic rings. The lowest BCUT2D eigenvalue weighted by Crippen LogP contribution is -2.28. The van der Waals surface area contributed by atoms with E-state index in [1.54, 1.807) is 19.2 Å². The van der Waals surface area contributed by atoms with E-state index in [1.807, 2.05) is 43.3 Å². The molecule has 0 radical (unpaired) electrons. The fourth-order valence-corrected chi connectivity index (χ4v) is 2.06. The Morgan fingerprint density at radius 2 is 1.87 bits per heavy atom. The lowest BCUT2D eigenvalue weighted by molar-refractivity contribution is 0.146. The van der Waals surface area contributed by atoms with E-state index >= 15 is 0 Å². The van der Waals surface area contributed by atoms with Gasteiger partial charge in [0.05, 0.1) is 6.61 Å². The van der Waals surface area contributed by atoms with E-state index in [-0.39, 0.29) is 6.03 Å². The largest absolute Gasteiger partial charge is 0.491 e. The molecule has 0 bridgehead atoms. The highest BCUT2D eigenvalue weighted by atomic mass is 16.5. The third kappa shape index (κ3) is 6.00. The molecule has 0 heterocycles. The first kappa shape index (κ1) is 16.8. The van der Waals surface area contributed by atoms with Crippen LogP contribution in [-0.2, 0) is 11.3 Å². The smallest absolute Gasteiger partial charge is 0.319 e. The number of rotatable bonds is 7. The topological polar surface area (TPSA) is 59.6 Å². The molecule has 0 spiro atoms. The number of carbonyl (C=O) groups is 1. The molecule has 0 aliphatic carbocycles. The van der Waals surface area contributed by atoms with Crippen molar-refractivity contribution in [3.05, 3.63) is 59.7 Å². The molecule has 5 heteroatoms. The van der Waals surface area contributed by atoms with Crippen LogP contribution in [0.25, 0.3) is 0 Å². The highest BCUT2D eigenvalue weighted by Crippen LogP contribution is 2.15. The van der Waals surface area contributed by atoms with E-state index in [2.05, 4.69) is 10.6 Å². The molecule has 0 fully saturated rings. The molecule has 23 heavy (non-hydrogen) atoms. The fraction of sp³-hybridized carbons (Fsp3) is 0.278. The van der Waals surface area contributed by atoms with Gasteiger partial charge < -0.3 is 20.1 Å². The number of carbonyl (C=O) groups excluding carboxylic acids is 1. The van der Waals surface area contributed by atoms with Crippen molar-refractivity contribution in [1.82, 2.24) is 5.32 Å². The van der Waals surface area contributed by atoms with Gasteiger partial charge in [-0.05, 0) is 36.8 Å². The summed E-state index contributed by atoms with van der Waals surface area (Å²) in [5.74, 6) is 0.743. The number of hydrogen-bond donors (Lipinski definition) is 2. The molecule has 0 saturated heterocycles. The van der Waals surface area contributed by atoms with E-state index in [1.165, 1.54) is 5.56 Å². The summed E-state index contributed by atoms with van der Waals surface area (Å²) in [5, 5.41) is 5.62. The molecule has 0 unspecified atom stereocenters. The third-order valence-electron chi connectivity index (χ3n) is 3.20. The number of benzene rings is 2. The molecule has 2 amide bonds. The van der Waals surface area contributed by atoms with E-state index in [9.17, 15) is 4.79 Å². The van der Waals surface area contributed by atoms with Crippen molar-refractivity contribution in [3.63, 3.8) is 0 Å². The lowest BCUT2D eigenvalue weighted by Gasteiger charge is -2.09. The van der Waals surface area contributed by atoms with Gasteiger partial charge in [-0.1, -0.05) is 29.8 Å². The molecular weight excluding hydrogens is 292 g/mol. The van der Waals surface area contributed by atoms with Gasteiger partial charge in [0.25, 0.3) is 0 Å². The second-order valence-corrected chi connectivity index (χ2v) is 5.16. The van der Waals surface area contributed by atoms with E-state index in [0.29, 0.717) is 25.4 Å². The maximum absolute atomic E-state index is 11.9. The number of hydrogen-bond acceptors (Lipinski definition) is 3. The van der Waals surface area contributed by atoms with Gasteiger partial charge in [0.15, 0.2) is 0 Å². The number of nitrogens with one attached hydrogen (secondary N) is 2. The predicted octanol–water partition coefficient (Wildman–Crippen LogP) is 3.34. The maximum atomic E-state index is 11.9. The summed E-state index contributed by atoms with van der Waals surface area (Å²) in [7, 11) is 1.63. The average molecular weight is 314 g/mol. The number of urea groups is 1. The summed E-state index contributed by atoms with van der Waals surface area (Å²) in [6.45, 7) is 3.56. The van der Waals surface area contributed by atoms with Crippen LogP contribution >= 0.6 is 0 Å². The summed E-state index contributed by atoms with van der Waals surface area (Å²) >= 11 is 0. The molecular formula is C18H22N2O3. The van der Waals surface area contributed by atoms with E-state index in [0.717, 1.165) is 11.3 Å². The van der Waals surface area contributed by atoms with Crippen LogP contribution in [0.1, 0.15) is 11.1 Å². The minimum atomic E-state index is -0.237.